The number of benzene rings is 2. The van der Waals surface area contributed by atoms with E-state index in [2.05, 4.69) is 76.3 Å². The molecule has 0 radical (unpaired) electrons. The van der Waals surface area contributed by atoms with Gasteiger partial charge in [-0.15, -0.1) is 0 Å². The molecule has 20 heavy (non-hydrogen) atoms. The zero-order valence-electron chi connectivity index (χ0n) is 12.6. The van der Waals surface area contributed by atoms with Crippen molar-refractivity contribution in [1.29, 1.82) is 0 Å². The average Bonchev–Trinajstić information content (AvgIpc) is 2.87. The molecule has 0 spiro atoms. The highest BCUT2D eigenvalue weighted by Crippen LogP contribution is 2.45. The van der Waals surface area contributed by atoms with Crippen LogP contribution in [-0.4, -0.2) is 0 Å². The molecule has 0 fully saturated rings. The molecule has 0 saturated heterocycles. The van der Waals surface area contributed by atoms with Crippen molar-refractivity contribution in [3.63, 3.8) is 0 Å². The van der Waals surface area contributed by atoms with Gasteiger partial charge in [-0.25, -0.2) is 0 Å². The topological polar surface area (TPSA) is 0 Å². The van der Waals surface area contributed by atoms with Gasteiger partial charge in [0.1, 0.15) is 0 Å². The van der Waals surface area contributed by atoms with Crippen LogP contribution in [0.2, 0.25) is 0 Å². The molecule has 2 aliphatic carbocycles. The quantitative estimate of drug-likeness (QED) is 0.591. The summed E-state index contributed by atoms with van der Waals surface area (Å²) in [4.78, 5) is 0. The predicted molar refractivity (Wildman–Crippen MR) is 88.1 cm³/mol. The van der Waals surface area contributed by atoms with Crippen molar-refractivity contribution >= 4 is 22.9 Å². The molecule has 0 heteroatoms. The van der Waals surface area contributed by atoms with Crippen molar-refractivity contribution in [2.75, 3.05) is 0 Å². The number of fused-ring (bicyclic) bond motifs is 5. The van der Waals surface area contributed by atoms with Crippen LogP contribution in [-0.2, 0) is 10.8 Å². The molecule has 0 atom stereocenters. The highest BCUT2D eigenvalue weighted by atomic mass is 14.3. The van der Waals surface area contributed by atoms with Gasteiger partial charge in [0, 0.05) is 10.8 Å². The first kappa shape index (κ1) is 12.0. The SMILES string of the molecule is CC1(C)C=Cc2ccc3c4c(ccc3c21)C=CC4(C)C. The van der Waals surface area contributed by atoms with Gasteiger partial charge in [-0.2, -0.15) is 0 Å². The molecule has 2 aromatic carbocycles. The van der Waals surface area contributed by atoms with E-state index < -0.39 is 0 Å². The van der Waals surface area contributed by atoms with E-state index >= 15 is 0 Å². The summed E-state index contributed by atoms with van der Waals surface area (Å²) in [5, 5.41) is 2.85. The summed E-state index contributed by atoms with van der Waals surface area (Å²) < 4.78 is 0. The molecule has 0 bridgehead atoms. The smallest absolute Gasteiger partial charge is 0.00907 e. The van der Waals surface area contributed by atoms with Gasteiger partial charge in [-0.1, -0.05) is 76.3 Å². The van der Waals surface area contributed by atoms with Gasteiger partial charge in [0.25, 0.3) is 0 Å². The van der Waals surface area contributed by atoms with Gasteiger partial charge in [-0.05, 0) is 33.0 Å². The fraction of sp³-hybridized carbons (Fsp3) is 0.300. The van der Waals surface area contributed by atoms with E-state index in [1.54, 1.807) is 0 Å². The lowest BCUT2D eigenvalue weighted by Crippen LogP contribution is -2.14. The van der Waals surface area contributed by atoms with Crippen LogP contribution in [0.4, 0.5) is 0 Å². The van der Waals surface area contributed by atoms with Crippen LogP contribution in [0.15, 0.2) is 36.4 Å². The maximum Gasteiger partial charge on any atom is 0.00907 e. The van der Waals surface area contributed by atoms with Crippen molar-refractivity contribution in [2.45, 2.75) is 38.5 Å². The highest BCUT2D eigenvalue weighted by Gasteiger charge is 2.31. The third kappa shape index (κ3) is 1.37. The molecule has 0 aromatic heterocycles. The highest BCUT2D eigenvalue weighted by molar-refractivity contribution is 5.97. The first-order valence-corrected chi connectivity index (χ1v) is 7.39. The fourth-order valence-corrected chi connectivity index (χ4v) is 3.92. The maximum atomic E-state index is 2.33. The normalized spacial score (nSPS) is 20.4. The minimum Gasteiger partial charge on any atom is -0.0738 e. The number of hydrogen-bond acceptors (Lipinski definition) is 0. The fourth-order valence-electron chi connectivity index (χ4n) is 3.92. The summed E-state index contributed by atoms with van der Waals surface area (Å²) in [6.45, 7) is 9.24. The molecule has 0 saturated carbocycles. The van der Waals surface area contributed by atoms with Gasteiger partial charge in [-0.3, -0.25) is 0 Å². The summed E-state index contributed by atoms with van der Waals surface area (Å²) in [5.74, 6) is 0. The molecule has 0 nitrogen and oxygen atoms in total. The summed E-state index contributed by atoms with van der Waals surface area (Å²) in [6.07, 6.45) is 9.19. The number of hydrogen-bond donors (Lipinski definition) is 0. The van der Waals surface area contributed by atoms with Crippen molar-refractivity contribution in [3.8, 4) is 0 Å². The monoisotopic (exact) mass is 260 g/mol. The molecule has 0 unspecified atom stereocenters. The van der Waals surface area contributed by atoms with Crippen LogP contribution in [0.25, 0.3) is 22.9 Å². The van der Waals surface area contributed by atoms with Gasteiger partial charge in [0.15, 0.2) is 0 Å². The Bertz CT molecular complexity index is 729. The minimum atomic E-state index is 0.138. The molecule has 0 heterocycles. The molecule has 2 aromatic rings. The Kier molecular flexibility index (Phi) is 2.05. The lowest BCUT2D eigenvalue weighted by Gasteiger charge is -2.25. The van der Waals surface area contributed by atoms with Crippen molar-refractivity contribution < 1.29 is 0 Å². The van der Waals surface area contributed by atoms with Crippen molar-refractivity contribution in [3.05, 3.63) is 58.7 Å². The zero-order chi connectivity index (χ0) is 14.1. The second-order valence-corrected chi connectivity index (χ2v) is 7.26. The van der Waals surface area contributed by atoms with Gasteiger partial charge < -0.3 is 0 Å². The lowest BCUT2D eigenvalue weighted by molar-refractivity contribution is 0.684. The Morgan fingerprint density at radius 1 is 0.600 bits per heavy atom. The first-order chi connectivity index (χ1) is 9.40. The summed E-state index contributed by atoms with van der Waals surface area (Å²) >= 11 is 0. The van der Waals surface area contributed by atoms with Crippen LogP contribution in [0.3, 0.4) is 0 Å². The summed E-state index contributed by atoms with van der Waals surface area (Å²) in [7, 11) is 0. The Morgan fingerprint density at radius 2 is 1.00 bits per heavy atom. The van der Waals surface area contributed by atoms with Crippen LogP contribution in [0, 0.1) is 0 Å². The van der Waals surface area contributed by atoms with E-state index in [1.807, 2.05) is 0 Å². The first-order valence-electron chi connectivity index (χ1n) is 7.39. The Morgan fingerprint density at radius 3 is 1.40 bits per heavy atom. The van der Waals surface area contributed by atoms with E-state index in [4.69, 9.17) is 0 Å². The third-order valence-corrected chi connectivity index (χ3v) is 4.91. The molecular weight excluding hydrogens is 240 g/mol. The second kappa shape index (κ2) is 3.44. The molecule has 0 amide bonds. The van der Waals surface area contributed by atoms with E-state index in [9.17, 15) is 0 Å². The second-order valence-electron chi connectivity index (χ2n) is 7.26. The molecule has 0 aliphatic heterocycles. The summed E-state index contributed by atoms with van der Waals surface area (Å²) in [5.41, 5.74) is 6.01. The Labute approximate surface area is 120 Å². The average molecular weight is 260 g/mol. The van der Waals surface area contributed by atoms with Gasteiger partial charge >= 0.3 is 0 Å². The van der Waals surface area contributed by atoms with Crippen LogP contribution < -0.4 is 0 Å². The van der Waals surface area contributed by atoms with Crippen LogP contribution in [0.1, 0.15) is 49.9 Å². The van der Waals surface area contributed by atoms with Crippen molar-refractivity contribution in [2.24, 2.45) is 0 Å². The van der Waals surface area contributed by atoms with Crippen molar-refractivity contribution in [1.82, 2.24) is 0 Å². The molecule has 100 valence electrons. The zero-order valence-corrected chi connectivity index (χ0v) is 12.6. The predicted octanol–water partition coefficient (Wildman–Crippen LogP) is 5.45. The van der Waals surface area contributed by atoms with E-state index in [0.29, 0.717) is 0 Å². The van der Waals surface area contributed by atoms with E-state index in [-0.39, 0.29) is 10.8 Å². The molecule has 2 aliphatic rings. The van der Waals surface area contributed by atoms with E-state index in [0.717, 1.165) is 0 Å². The standard InChI is InChI=1S/C20H20/c1-19(2)11-9-13-5-8-16-15(17(13)19)7-6-14-10-12-20(3,4)18(14)16/h5-12H,1-4H3. The Balaban J connectivity index is 2.14. The largest absolute Gasteiger partial charge is 0.0738 e. The Hall–Kier alpha value is -1.82. The molecule has 4 rings (SSSR count). The number of rotatable bonds is 0. The molecular formula is C20H20. The van der Waals surface area contributed by atoms with Crippen LogP contribution in [0.5, 0.6) is 0 Å². The number of allylic oxidation sites excluding steroid dienone is 2. The third-order valence-electron chi connectivity index (χ3n) is 4.91. The van der Waals surface area contributed by atoms with Gasteiger partial charge in [0.05, 0.1) is 0 Å². The van der Waals surface area contributed by atoms with Gasteiger partial charge in [0.2, 0.25) is 0 Å². The lowest BCUT2D eigenvalue weighted by atomic mass is 9.79. The summed E-state index contributed by atoms with van der Waals surface area (Å²) in [6, 6.07) is 9.20. The molecule has 0 N–H and O–H groups in total. The minimum absolute atomic E-state index is 0.138. The van der Waals surface area contributed by atoms with E-state index in [1.165, 1.54) is 33.0 Å². The van der Waals surface area contributed by atoms with Crippen LogP contribution >= 0.6 is 0 Å². The maximum absolute atomic E-state index is 2.33.